The van der Waals surface area contributed by atoms with Gasteiger partial charge in [0.05, 0.1) is 5.56 Å². The van der Waals surface area contributed by atoms with Crippen LogP contribution < -0.4 is 11.1 Å². The number of halogens is 1. The van der Waals surface area contributed by atoms with Gasteiger partial charge in [0, 0.05) is 16.8 Å². The number of rotatable bonds is 2. The molecule has 86 valence electrons. The Morgan fingerprint density at radius 3 is 2.69 bits per heavy atom. The number of hydrogen-bond acceptors (Lipinski definition) is 2. The van der Waals surface area contributed by atoms with E-state index in [0.29, 0.717) is 16.3 Å². The number of anilines is 1. The molecule has 1 fully saturated rings. The minimum atomic E-state index is -0.121. The Kier molecular flexibility index (Phi) is 2.58. The highest BCUT2D eigenvalue weighted by Gasteiger charge is 2.46. The molecule has 1 aliphatic carbocycles. The fourth-order valence-electron chi connectivity index (χ4n) is 1.69. The topological polar surface area (TPSA) is 55.1 Å². The molecule has 1 atom stereocenters. The average molecular weight is 239 g/mol. The number of nitrogens with two attached hydrogens (primary N) is 1. The predicted octanol–water partition coefficient (Wildman–Crippen LogP) is 2.45. The van der Waals surface area contributed by atoms with Crippen molar-refractivity contribution in [3.8, 4) is 0 Å². The second-order valence-corrected chi connectivity index (χ2v) is 5.39. The molecule has 1 saturated carbocycles. The van der Waals surface area contributed by atoms with Crippen LogP contribution in [0.25, 0.3) is 0 Å². The van der Waals surface area contributed by atoms with Gasteiger partial charge in [0.1, 0.15) is 0 Å². The Labute approximate surface area is 100.0 Å². The van der Waals surface area contributed by atoms with Crippen LogP contribution in [0, 0.1) is 5.41 Å². The summed E-state index contributed by atoms with van der Waals surface area (Å²) in [7, 11) is 0. The average Bonchev–Trinajstić information content (AvgIpc) is 2.72. The van der Waals surface area contributed by atoms with Crippen LogP contribution in [0.15, 0.2) is 18.2 Å². The number of nitrogens with one attached hydrogen (secondary N) is 1. The molecule has 0 bridgehead atoms. The molecule has 16 heavy (non-hydrogen) atoms. The third-order valence-electron chi connectivity index (χ3n) is 3.08. The monoisotopic (exact) mass is 238 g/mol. The highest BCUT2D eigenvalue weighted by atomic mass is 35.5. The van der Waals surface area contributed by atoms with Crippen molar-refractivity contribution in [1.29, 1.82) is 0 Å². The Hall–Kier alpha value is -1.22. The molecule has 0 aromatic heterocycles. The number of carbonyl (C=O) groups is 1. The highest BCUT2D eigenvalue weighted by Crippen LogP contribution is 2.44. The van der Waals surface area contributed by atoms with Crippen molar-refractivity contribution in [3.05, 3.63) is 28.8 Å². The first kappa shape index (κ1) is 11.3. The lowest BCUT2D eigenvalue weighted by atomic mass is 10.1. The van der Waals surface area contributed by atoms with E-state index < -0.39 is 0 Å². The van der Waals surface area contributed by atoms with Crippen molar-refractivity contribution < 1.29 is 4.79 Å². The lowest BCUT2D eigenvalue weighted by Crippen LogP contribution is -2.28. The number of nitrogen functional groups attached to an aromatic ring is 1. The van der Waals surface area contributed by atoms with E-state index in [1.165, 1.54) is 0 Å². The smallest absolute Gasteiger partial charge is 0.253 e. The molecule has 1 unspecified atom stereocenters. The summed E-state index contributed by atoms with van der Waals surface area (Å²) in [5, 5.41) is 3.50. The quantitative estimate of drug-likeness (QED) is 0.778. The highest BCUT2D eigenvalue weighted by molar-refractivity contribution is 6.31. The maximum absolute atomic E-state index is 11.9. The lowest BCUT2D eigenvalue weighted by Gasteiger charge is -2.09. The van der Waals surface area contributed by atoms with Crippen molar-refractivity contribution in [2.24, 2.45) is 5.41 Å². The largest absolute Gasteiger partial charge is 0.398 e. The molecule has 0 spiro atoms. The molecule has 0 radical (unpaired) electrons. The van der Waals surface area contributed by atoms with Crippen molar-refractivity contribution in [1.82, 2.24) is 5.32 Å². The molecule has 1 amide bonds. The maximum atomic E-state index is 11.9. The van der Waals surface area contributed by atoms with Gasteiger partial charge < -0.3 is 11.1 Å². The molecular weight excluding hydrogens is 224 g/mol. The minimum absolute atomic E-state index is 0.121. The minimum Gasteiger partial charge on any atom is -0.398 e. The summed E-state index contributed by atoms with van der Waals surface area (Å²) in [6.45, 7) is 4.26. The Balaban J connectivity index is 2.10. The molecule has 1 aromatic carbocycles. The standard InChI is InChI=1S/C12H15ClN2O/c1-12(2)6-10(12)15-11(16)8-4-3-7(13)5-9(8)14/h3-5,10H,6,14H2,1-2H3,(H,15,16). The van der Waals surface area contributed by atoms with E-state index in [9.17, 15) is 4.79 Å². The number of carbonyl (C=O) groups excluding carboxylic acids is 1. The zero-order valence-corrected chi connectivity index (χ0v) is 10.1. The summed E-state index contributed by atoms with van der Waals surface area (Å²) >= 11 is 5.77. The number of amides is 1. The van der Waals surface area contributed by atoms with Gasteiger partial charge in [-0.05, 0) is 30.0 Å². The van der Waals surface area contributed by atoms with E-state index in [1.54, 1.807) is 18.2 Å². The first-order valence-corrected chi connectivity index (χ1v) is 5.64. The van der Waals surface area contributed by atoms with Gasteiger partial charge in [0.2, 0.25) is 0 Å². The van der Waals surface area contributed by atoms with E-state index in [-0.39, 0.29) is 17.4 Å². The Morgan fingerprint density at radius 2 is 2.19 bits per heavy atom. The van der Waals surface area contributed by atoms with Crippen LogP contribution in [0.4, 0.5) is 5.69 Å². The van der Waals surface area contributed by atoms with Gasteiger partial charge in [-0.15, -0.1) is 0 Å². The predicted molar refractivity (Wildman–Crippen MR) is 65.5 cm³/mol. The van der Waals surface area contributed by atoms with Crippen LogP contribution in [-0.4, -0.2) is 11.9 Å². The molecule has 3 nitrogen and oxygen atoms in total. The third kappa shape index (κ3) is 2.14. The normalized spacial score (nSPS) is 21.6. The molecule has 3 N–H and O–H groups in total. The summed E-state index contributed by atoms with van der Waals surface area (Å²) in [6, 6.07) is 5.18. The van der Waals surface area contributed by atoms with Crippen LogP contribution in [0.3, 0.4) is 0 Å². The van der Waals surface area contributed by atoms with Gasteiger partial charge in [-0.1, -0.05) is 25.4 Å². The first-order valence-electron chi connectivity index (χ1n) is 5.26. The summed E-state index contributed by atoms with van der Waals surface area (Å²) in [4.78, 5) is 11.9. The molecule has 2 rings (SSSR count). The fraction of sp³-hybridized carbons (Fsp3) is 0.417. The van der Waals surface area contributed by atoms with Gasteiger partial charge in [-0.3, -0.25) is 4.79 Å². The molecule has 0 heterocycles. The van der Waals surface area contributed by atoms with Gasteiger partial charge in [0.25, 0.3) is 5.91 Å². The molecule has 0 saturated heterocycles. The van der Waals surface area contributed by atoms with Crippen molar-refractivity contribution >= 4 is 23.2 Å². The number of benzene rings is 1. The second-order valence-electron chi connectivity index (χ2n) is 4.95. The van der Waals surface area contributed by atoms with Crippen LogP contribution in [-0.2, 0) is 0 Å². The summed E-state index contributed by atoms with van der Waals surface area (Å²) in [6.07, 6.45) is 1.02. The Bertz CT molecular complexity index is 443. The third-order valence-corrected chi connectivity index (χ3v) is 3.31. The van der Waals surface area contributed by atoms with Crippen LogP contribution in [0.1, 0.15) is 30.6 Å². The van der Waals surface area contributed by atoms with Crippen molar-refractivity contribution in [2.45, 2.75) is 26.3 Å². The van der Waals surface area contributed by atoms with Gasteiger partial charge in [-0.25, -0.2) is 0 Å². The van der Waals surface area contributed by atoms with Crippen LogP contribution in [0.2, 0.25) is 5.02 Å². The van der Waals surface area contributed by atoms with E-state index in [4.69, 9.17) is 17.3 Å². The fourth-order valence-corrected chi connectivity index (χ4v) is 1.87. The maximum Gasteiger partial charge on any atom is 0.253 e. The van der Waals surface area contributed by atoms with E-state index in [1.807, 2.05) is 0 Å². The zero-order chi connectivity index (χ0) is 11.9. The van der Waals surface area contributed by atoms with E-state index in [2.05, 4.69) is 19.2 Å². The molecule has 4 heteroatoms. The summed E-state index contributed by atoms with van der Waals surface area (Å²) in [5.74, 6) is -0.121. The van der Waals surface area contributed by atoms with Gasteiger partial charge in [0.15, 0.2) is 0 Å². The first-order chi connectivity index (χ1) is 7.40. The number of hydrogen-bond donors (Lipinski definition) is 2. The molecule has 1 aromatic rings. The summed E-state index contributed by atoms with van der Waals surface area (Å²) in [5.41, 5.74) is 6.87. The second kappa shape index (κ2) is 3.67. The molecular formula is C12H15ClN2O. The van der Waals surface area contributed by atoms with Crippen molar-refractivity contribution in [2.75, 3.05) is 5.73 Å². The SMILES string of the molecule is CC1(C)CC1NC(=O)c1ccc(Cl)cc1N. The van der Waals surface area contributed by atoms with Crippen LogP contribution >= 0.6 is 11.6 Å². The lowest BCUT2D eigenvalue weighted by molar-refractivity contribution is 0.0947. The van der Waals surface area contributed by atoms with E-state index in [0.717, 1.165) is 6.42 Å². The van der Waals surface area contributed by atoms with Gasteiger partial charge in [-0.2, -0.15) is 0 Å². The van der Waals surface area contributed by atoms with Gasteiger partial charge >= 0.3 is 0 Å². The van der Waals surface area contributed by atoms with Crippen LogP contribution in [0.5, 0.6) is 0 Å². The molecule has 0 aliphatic heterocycles. The molecule has 1 aliphatic rings. The van der Waals surface area contributed by atoms with Crippen molar-refractivity contribution in [3.63, 3.8) is 0 Å². The van der Waals surface area contributed by atoms with E-state index >= 15 is 0 Å². The zero-order valence-electron chi connectivity index (χ0n) is 9.38. The Morgan fingerprint density at radius 1 is 1.56 bits per heavy atom. The summed E-state index contributed by atoms with van der Waals surface area (Å²) < 4.78 is 0.